The lowest BCUT2D eigenvalue weighted by Crippen LogP contribution is -2.20. The van der Waals surface area contributed by atoms with Gasteiger partial charge in [-0.3, -0.25) is 0 Å². The Morgan fingerprint density at radius 1 is 1.44 bits per heavy atom. The lowest BCUT2D eigenvalue weighted by Gasteiger charge is -2.15. The van der Waals surface area contributed by atoms with Gasteiger partial charge < -0.3 is 9.84 Å². The molecule has 0 aliphatic rings. The Morgan fingerprint density at radius 2 is 2.00 bits per heavy atom. The predicted octanol–water partition coefficient (Wildman–Crippen LogP) is 1.39. The number of hydrogen-bond acceptors (Lipinski definition) is 2. The maximum atomic E-state index is 9.10. The molecule has 0 amide bonds. The summed E-state index contributed by atoms with van der Waals surface area (Å²) >= 11 is 0. The SMILES string of the molecule is CCO[C@H](O)[C@@H](C)CC. The van der Waals surface area contributed by atoms with Crippen molar-refractivity contribution < 1.29 is 9.84 Å². The minimum Gasteiger partial charge on any atom is -0.368 e. The van der Waals surface area contributed by atoms with Crippen LogP contribution in [0.3, 0.4) is 0 Å². The lowest BCUT2D eigenvalue weighted by atomic mass is 10.1. The molecule has 9 heavy (non-hydrogen) atoms. The van der Waals surface area contributed by atoms with Gasteiger partial charge in [-0.25, -0.2) is 0 Å². The molecule has 0 rings (SSSR count). The highest BCUT2D eigenvalue weighted by atomic mass is 16.6. The van der Waals surface area contributed by atoms with Crippen LogP contribution in [0.2, 0.25) is 0 Å². The summed E-state index contributed by atoms with van der Waals surface area (Å²) in [6.07, 6.45) is 0.390. The van der Waals surface area contributed by atoms with Gasteiger partial charge in [0.25, 0.3) is 0 Å². The van der Waals surface area contributed by atoms with Crippen molar-refractivity contribution in [3.05, 3.63) is 0 Å². The molecule has 0 fully saturated rings. The Kier molecular flexibility index (Phi) is 4.72. The summed E-state index contributed by atoms with van der Waals surface area (Å²) in [5.41, 5.74) is 0. The van der Waals surface area contributed by atoms with E-state index in [9.17, 15) is 0 Å². The maximum absolute atomic E-state index is 9.10. The molecular weight excluding hydrogens is 116 g/mol. The summed E-state index contributed by atoms with van der Waals surface area (Å²) in [5, 5.41) is 9.10. The molecule has 0 aromatic rings. The topological polar surface area (TPSA) is 29.5 Å². The largest absolute Gasteiger partial charge is 0.368 e. The van der Waals surface area contributed by atoms with Crippen LogP contribution in [0.4, 0.5) is 0 Å². The first-order valence-electron chi connectivity index (χ1n) is 3.52. The van der Waals surface area contributed by atoms with E-state index in [2.05, 4.69) is 0 Å². The van der Waals surface area contributed by atoms with Gasteiger partial charge in [0, 0.05) is 12.5 Å². The van der Waals surface area contributed by atoms with E-state index in [0.29, 0.717) is 6.61 Å². The third kappa shape index (κ3) is 3.49. The Bertz CT molecular complexity index is 63.9. The summed E-state index contributed by atoms with van der Waals surface area (Å²) in [4.78, 5) is 0. The van der Waals surface area contributed by atoms with Gasteiger partial charge in [0.2, 0.25) is 0 Å². The van der Waals surface area contributed by atoms with E-state index >= 15 is 0 Å². The zero-order valence-corrected chi connectivity index (χ0v) is 6.42. The third-order valence-electron chi connectivity index (χ3n) is 1.47. The minimum absolute atomic E-state index is 0.255. The highest BCUT2D eigenvalue weighted by Crippen LogP contribution is 2.07. The third-order valence-corrected chi connectivity index (χ3v) is 1.47. The fourth-order valence-corrected chi connectivity index (χ4v) is 0.537. The highest BCUT2D eigenvalue weighted by Gasteiger charge is 2.10. The van der Waals surface area contributed by atoms with E-state index in [1.807, 2.05) is 20.8 Å². The van der Waals surface area contributed by atoms with Crippen molar-refractivity contribution in [3.8, 4) is 0 Å². The summed E-state index contributed by atoms with van der Waals surface area (Å²) in [6, 6.07) is 0. The van der Waals surface area contributed by atoms with Crippen LogP contribution >= 0.6 is 0 Å². The number of aliphatic hydroxyl groups is 1. The molecule has 0 radical (unpaired) electrons. The van der Waals surface area contributed by atoms with E-state index in [0.717, 1.165) is 6.42 Å². The van der Waals surface area contributed by atoms with Gasteiger partial charge in [-0.1, -0.05) is 13.8 Å². The van der Waals surface area contributed by atoms with Crippen LogP contribution in [0.25, 0.3) is 0 Å². The molecule has 0 aromatic carbocycles. The first-order valence-corrected chi connectivity index (χ1v) is 3.52. The van der Waals surface area contributed by atoms with Gasteiger partial charge in [-0.15, -0.1) is 0 Å². The van der Waals surface area contributed by atoms with Crippen molar-refractivity contribution in [2.45, 2.75) is 33.5 Å². The van der Waals surface area contributed by atoms with E-state index in [1.54, 1.807) is 0 Å². The molecule has 0 aliphatic carbocycles. The van der Waals surface area contributed by atoms with Gasteiger partial charge in [0.15, 0.2) is 6.29 Å². The quantitative estimate of drug-likeness (QED) is 0.586. The summed E-state index contributed by atoms with van der Waals surface area (Å²) in [5.74, 6) is 0.255. The number of aliphatic hydroxyl groups excluding tert-OH is 1. The zero-order chi connectivity index (χ0) is 7.28. The molecule has 56 valence electrons. The molecule has 0 bridgehead atoms. The molecule has 2 heteroatoms. The molecule has 2 nitrogen and oxygen atoms in total. The fraction of sp³-hybridized carbons (Fsp3) is 1.00. The zero-order valence-electron chi connectivity index (χ0n) is 6.42. The molecule has 0 saturated carbocycles. The van der Waals surface area contributed by atoms with Gasteiger partial charge in [-0.2, -0.15) is 0 Å². The normalized spacial score (nSPS) is 17.3. The molecule has 2 atom stereocenters. The minimum atomic E-state index is -0.569. The van der Waals surface area contributed by atoms with Crippen LogP contribution in [0, 0.1) is 5.92 Å². The van der Waals surface area contributed by atoms with Crippen LogP contribution < -0.4 is 0 Å². The predicted molar refractivity (Wildman–Crippen MR) is 37.1 cm³/mol. The van der Waals surface area contributed by atoms with Crippen molar-refractivity contribution in [1.29, 1.82) is 0 Å². The number of ether oxygens (including phenoxy) is 1. The molecule has 0 unspecified atom stereocenters. The van der Waals surface area contributed by atoms with E-state index < -0.39 is 6.29 Å². The van der Waals surface area contributed by atoms with Gasteiger partial charge >= 0.3 is 0 Å². The van der Waals surface area contributed by atoms with Crippen molar-refractivity contribution in [2.24, 2.45) is 5.92 Å². The Morgan fingerprint density at radius 3 is 2.33 bits per heavy atom. The molecule has 1 N–H and O–H groups in total. The molecule has 0 aliphatic heterocycles. The van der Waals surface area contributed by atoms with Crippen molar-refractivity contribution >= 4 is 0 Å². The van der Waals surface area contributed by atoms with E-state index in [1.165, 1.54) is 0 Å². The van der Waals surface area contributed by atoms with E-state index in [-0.39, 0.29) is 5.92 Å². The molecule has 0 aromatic heterocycles. The van der Waals surface area contributed by atoms with Gasteiger partial charge in [0.1, 0.15) is 0 Å². The Hall–Kier alpha value is -0.0800. The van der Waals surface area contributed by atoms with E-state index in [4.69, 9.17) is 9.84 Å². The van der Waals surface area contributed by atoms with Crippen LogP contribution in [0.5, 0.6) is 0 Å². The smallest absolute Gasteiger partial charge is 0.157 e. The van der Waals surface area contributed by atoms with Crippen LogP contribution in [0.1, 0.15) is 27.2 Å². The second-order valence-corrected chi connectivity index (χ2v) is 2.23. The van der Waals surface area contributed by atoms with Gasteiger partial charge in [-0.05, 0) is 13.3 Å². The average molecular weight is 132 g/mol. The fourth-order valence-electron chi connectivity index (χ4n) is 0.537. The average Bonchev–Trinajstić information content (AvgIpc) is 1.87. The molecule has 0 heterocycles. The van der Waals surface area contributed by atoms with Crippen molar-refractivity contribution in [2.75, 3.05) is 6.61 Å². The number of hydrogen-bond donors (Lipinski definition) is 1. The Labute approximate surface area is 56.8 Å². The monoisotopic (exact) mass is 132 g/mol. The summed E-state index contributed by atoms with van der Waals surface area (Å²) < 4.78 is 4.95. The van der Waals surface area contributed by atoms with Gasteiger partial charge in [0.05, 0.1) is 0 Å². The van der Waals surface area contributed by atoms with Crippen LogP contribution in [-0.2, 0) is 4.74 Å². The maximum Gasteiger partial charge on any atom is 0.157 e. The van der Waals surface area contributed by atoms with Crippen molar-refractivity contribution in [3.63, 3.8) is 0 Å². The summed E-state index contributed by atoms with van der Waals surface area (Å²) in [7, 11) is 0. The van der Waals surface area contributed by atoms with Crippen LogP contribution in [0.15, 0.2) is 0 Å². The first-order chi connectivity index (χ1) is 4.22. The second kappa shape index (κ2) is 4.77. The lowest BCUT2D eigenvalue weighted by molar-refractivity contribution is -0.126. The summed E-state index contributed by atoms with van der Waals surface area (Å²) in [6.45, 7) is 6.48. The first kappa shape index (κ1) is 8.92. The van der Waals surface area contributed by atoms with Crippen LogP contribution in [-0.4, -0.2) is 18.0 Å². The standard InChI is InChI=1S/C7H16O2/c1-4-6(3)7(8)9-5-2/h6-8H,4-5H2,1-3H3/t6-,7-/m0/s1. The Balaban J connectivity index is 3.32. The van der Waals surface area contributed by atoms with Crippen molar-refractivity contribution in [1.82, 2.24) is 0 Å². The molecule has 0 spiro atoms. The molecular formula is C7H16O2. The molecule has 0 saturated heterocycles. The number of rotatable bonds is 4. The highest BCUT2D eigenvalue weighted by molar-refractivity contribution is 4.50. The second-order valence-electron chi connectivity index (χ2n) is 2.23.